The van der Waals surface area contributed by atoms with Crippen molar-refractivity contribution in [1.29, 1.82) is 0 Å². The highest BCUT2D eigenvalue weighted by Crippen LogP contribution is 2.44. The molecule has 1 rings (SSSR count). The van der Waals surface area contributed by atoms with E-state index in [0.29, 0.717) is 6.42 Å². The first-order chi connectivity index (χ1) is 8.06. The quantitative estimate of drug-likeness (QED) is 0.707. The first kappa shape index (κ1) is 15.3. The lowest BCUT2D eigenvalue weighted by molar-refractivity contribution is -0.223. The van der Waals surface area contributed by atoms with Crippen LogP contribution < -0.4 is 0 Å². The van der Waals surface area contributed by atoms with Crippen LogP contribution in [0.15, 0.2) is 0 Å². The zero-order valence-electron chi connectivity index (χ0n) is 11.3. The lowest BCUT2D eigenvalue weighted by Crippen LogP contribution is -2.48. The molecule has 1 unspecified atom stereocenters. The number of alkyl halides is 3. The number of halogens is 3. The molecule has 0 bridgehead atoms. The SMILES string of the molecule is CC(C)[C@@H]1CC[C@@H](C)CC1(C)OC(=O)C(F)(F)F. The van der Waals surface area contributed by atoms with Crippen molar-refractivity contribution in [2.24, 2.45) is 17.8 Å². The molecule has 0 saturated heterocycles. The van der Waals surface area contributed by atoms with Crippen LogP contribution in [0.1, 0.15) is 47.0 Å². The second kappa shape index (κ2) is 5.10. The van der Waals surface area contributed by atoms with Crippen LogP contribution in [0, 0.1) is 17.8 Å². The highest BCUT2D eigenvalue weighted by Gasteiger charge is 2.49. The predicted molar refractivity (Wildman–Crippen MR) is 61.9 cm³/mol. The highest BCUT2D eigenvalue weighted by atomic mass is 19.4. The summed E-state index contributed by atoms with van der Waals surface area (Å²) in [6.07, 6.45) is -2.63. The smallest absolute Gasteiger partial charge is 0.452 e. The van der Waals surface area contributed by atoms with Gasteiger partial charge in [0.2, 0.25) is 0 Å². The van der Waals surface area contributed by atoms with Gasteiger partial charge >= 0.3 is 12.1 Å². The van der Waals surface area contributed by atoms with Crippen molar-refractivity contribution < 1.29 is 22.7 Å². The van der Waals surface area contributed by atoms with Gasteiger partial charge in [-0.3, -0.25) is 0 Å². The van der Waals surface area contributed by atoms with Crippen LogP contribution in [0.4, 0.5) is 13.2 Å². The molecule has 0 aromatic carbocycles. The Balaban J connectivity index is 2.87. The Morgan fingerprint density at radius 2 is 1.89 bits per heavy atom. The Morgan fingerprint density at radius 1 is 1.33 bits per heavy atom. The summed E-state index contributed by atoms with van der Waals surface area (Å²) in [4.78, 5) is 11.1. The Bertz CT molecular complexity index is 312. The summed E-state index contributed by atoms with van der Waals surface area (Å²) in [5.74, 6) is -1.60. The number of carbonyl (C=O) groups excluding carboxylic acids is 1. The largest absolute Gasteiger partial charge is 0.490 e. The maximum Gasteiger partial charge on any atom is 0.490 e. The zero-order valence-corrected chi connectivity index (χ0v) is 11.3. The van der Waals surface area contributed by atoms with Crippen LogP contribution in [-0.2, 0) is 9.53 Å². The van der Waals surface area contributed by atoms with E-state index in [1.54, 1.807) is 6.92 Å². The van der Waals surface area contributed by atoms with Crippen molar-refractivity contribution in [3.8, 4) is 0 Å². The van der Waals surface area contributed by atoms with Crippen molar-refractivity contribution in [3.63, 3.8) is 0 Å². The average Bonchev–Trinajstić information content (AvgIpc) is 2.14. The minimum Gasteiger partial charge on any atom is -0.452 e. The molecule has 0 aromatic rings. The van der Waals surface area contributed by atoms with Crippen LogP contribution in [0.25, 0.3) is 0 Å². The molecule has 18 heavy (non-hydrogen) atoms. The number of rotatable bonds is 2. The average molecular weight is 266 g/mol. The van der Waals surface area contributed by atoms with Crippen molar-refractivity contribution in [3.05, 3.63) is 0 Å². The molecule has 0 aliphatic heterocycles. The fraction of sp³-hybridized carbons (Fsp3) is 0.923. The Kier molecular flexibility index (Phi) is 4.34. The van der Waals surface area contributed by atoms with E-state index in [0.717, 1.165) is 12.8 Å². The highest BCUT2D eigenvalue weighted by molar-refractivity contribution is 5.76. The Hall–Kier alpha value is -0.740. The van der Waals surface area contributed by atoms with E-state index >= 15 is 0 Å². The lowest BCUT2D eigenvalue weighted by atomic mass is 9.68. The van der Waals surface area contributed by atoms with Crippen LogP contribution in [0.3, 0.4) is 0 Å². The standard InChI is InChI=1S/C13H21F3O2/c1-8(2)10-6-5-9(3)7-12(10,4)18-11(17)13(14,15)16/h8-10H,5-7H2,1-4H3/t9-,10+,12?/m1/s1. The number of hydrogen-bond acceptors (Lipinski definition) is 2. The molecule has 2 nitrogen and oxygen atoms in total. The summed E-state index contributed by atoms with van der Waals surface area (Å²) in [7, 11) is 0. The zero-order chi connectivity index (χ0) is 14.1. The number of hydrogen-bond donors (Lipinski definition) is 0. The van der Waals surface area contributed by atoms with E-state index < -0.39 is 17.7 Å². The van der Waals surface area contributed by atoms with Gasteiger partial charge in [0.15, 0.2) is 0 Å². The third-order valence-corrected chi connectivity index (χ3v) is 3.87. The summed E-state index contributed by atoms with van der Waals surface area (Å²) >= 11 is 0. The van der Waals surface area contributed by atoms with Gasteiger partial charge < -0.3 is 4.74 Å². The molecule has 106 valence electrons. The molecule has 1 aliphatic rings. The van der Waals surface area contributed by atoms with E-state index in [9.17, 15) is 18.0 Å². The molecule has 3 atom stereocenters. The second-order valence-electron chi connectivity index (χ2n) is 5.94. The topological polar surface area (TPSA) is 26.3 Å². The first-order valence-electron chi connectivity index (χ1n) is 6.36. The van der Waals surface area contributed by atoms with Crippen LogP contribution in [0.5, 0.6) is 0 Å². The Labute approximate surface area is 106 Å². The molecule has 5 heteroatoms. The van der Waals surface area contributed by atoms with E-state index in [1.807, 2.05) is 20.8 Å². The molecule has 1 aliphatic carbocycles. The molecule has 0 amide bonds. The minimum absolute atomic E-state index is 0.0139. The molecule has 0 spiro atoms. The maximum absolute atomic E-state index is 12.3. The first-order valence-corrected chi connectivity index (χ1v) is 6.36. The van der Waals surface area contributed by atoms with Crippen molar-refractivity contribution in [1.82, 2.24) is 0 Å². The fourth-order valence-electron chi connectivity index (χ4n) is 3.14. The lowest BCUT2D eigenvalue weighted by Gasteiger charge is -2.45. The molecule has 0 N–H and O–H groups in total. The monoisotopic (exact) mass is 266 g/mol. The van der Waals surface area contributed by atoms with Gasteiger partial charge in [0.1, 0.15) is 5.60 Å². The second-order valence-corrected chi connectivity index (χ2v) is 5.94. The molecule has 1 saturated carbocycles. The number of esters is 1. The minimum atomic E-state index is -4.91. The summed E-state index contributed by atoms with van der Waals surface area (Å²) in [5.41, 5.74) is -1.00. The summed E-state index contributed by atoms with van der Waals surface area (Å²) in [5, 5.41) is 0. The molecular weight excluding hydrogens is 245 g/mol. The van der Waals surface area contributed by atoms with E-state index in [-0.39, 0.29) is 17.8 Å². The van der Waals surface area contributed by atoms with Gasteiger partial charge in [-0.15, -0.1) is 0 Å². The van der Waals surface area contributed by atoms with Gasteiger partial charge in [0, 0.05) is 5.92 Å². The molecule has 0 radical (unpaired) electrons. The van der Waals surface area contributed by atoms with Crippen molar-refractivity contribution in [2.75, 3.05) is 0 Å². The summed E-state index contributed by atoms with van der Waals surface area (Å²) in [6.45, 7) is 7.54. The van der Waals surface area contributed by atoms with E-state index in [1.165, 1.54) is 0 Å². The number of carbonyl (C=O) groups is 1. The summed E-state index contributed by atoms with van der Waals surface area (Å²) in [6, 6.07) is 0. The van der Waals surface area contributed by atoms with Crippen molar-refractivity contribution in [2.45, 2.75) is 58.7 Å². The van der Waals surface area contributed by atoms with Gasteiger partial charge in [0.05, 0.1) is 0 Å². The number of ether oxygens (including phenoxy) is 1. The summed E-state index contributed by atoms with van der Waals surface area (Å²) < 4.78 is 41.8. The molecule has 1 fully saturated rings. The molecule has 0 heterocycles. The third kappa shape index (κ3) is 3.39. The molecular formula is C13H21F3O2. The van der Waals surface area contributed by atoms with Gasteiger partial charge in [0.25, 0.3) is 0 Å². The van der Waals surface area contributed by atoms with Crippen LogP contribution in [-0.4, -0.2) is 17.7 Å². The van der Waals surface area contributed by atoms with Gasteiger partial charge in [-0.2, -0.15) is 13.2 Å². The normalized spacial score (nSPS) is 33.6. The Morgan fingerprint density at radius 3 is 2.33 bits per heavy atom. The van der Waals surface area contributed by atoms with E-state index in [4.69, 9.17) is 4.74 Å². The third-order valence-electron chi connectivity index (χ3n) is 3.87. The van der Waals surface area contributed by atoms with E-state index in [2.05, 4.69) is 0 Å². The van der Waals surface area contributed by atoms with Gasteiger partial charge in [-0.25, -0.2) is 4.79 Å². The van der Waals surface area contributed by atoms with Gasteiger partial charge in [-0.05, 0) is 31.6 Å². The van der Waals surface area contributed by atoms with Crippen LogP contribution in [0.2, 0.25) is 0 Å². The molecule has 0 aromatic heterocycles. The maximum atomic E-state index is 12.3. The van der Waals surface area contributed by atoms with Gasteiger partial charge in [-0.1, -0.05) is 27.2 Å². The predicted octanol–water partition coefficient (Wildman–Crippen LogP) is 3.94. The van der Waals surface area contributed by atoms with Crippen molar-refractivity contribution >= 4 is 5.97 Å². The van der Waals surface area contributed by atoms with Crippen LogP contribution >= 0.6 is 0 Å². The fourth-order valence-corrected chi connectivity index (χ4v) is 3.14.